The molecule has 110 valence electrons. The van der Waals surface area contributed by atoms with Crippen molar-refractivity contribution in [3.8, 4) is 0 Å². The molecule has 0 saturated heterocycles. The molecule has 0 saturated carbocycles. The SMILES string of the molecule is CC(C)n1cc(Cl)cc1C(=O)Nc1cccnc1C(=O)O. The minimum absolute atomic E-state index is 0.0473. The number of carboxylic acid groups (broad SMARTS) is 1. The van der Waals surface area contributed by atoms with E-state index in [-0.39, 0.29) is 17.4 Å². The number of aromatic carboxylic acids is 1. The molecule has 0 unspecified atom stereocenters. The Morgan fingerprint density at radius 2 is 2.14 bits per heavy atom. The number of anilines is 1. The number of rotatable bonds is 4. The summed E-state index contributed by atoms with van der Waals surface area (Å²) in [6.45, 7) is 3.83. The fourth-order valence-corrected chi connectivity index (χ4v) is 2.13. The standard InChI is InChI=1S/C14H14ClN3O3/c1-8(2)18-7-9(15)6-11(18)13(19)17-10-4-3-5-16-12(10)14(20)21/h3-8H,1-2H3,(H,17,19)(H,20,21). The second-order valence-corrected chi connectivity index (χ2v) is 5.14. The van der Waals surface area contributed by atoms with E-state index in [4.69, 9.17) is 16.7 Å². The van der Waals surface area contributed by atoms with Crippen LogP contribution < -0.4 is 5.32 Å². The number of carboxylic acids is 1. The lowest BCUT2D eigenvalue weighted by Crippen LogP contribution is -2.19. The molecule has 0 atom stereocenters. The van der Waals surface area contributed by atoms with Crippen LogP contribution >= 0.6 is 11.6 Å². The molecule has 0 bridgehead atoms. The first-order valence-electron chi connectivity index (χ1n) is 6.27. The van der Waals surface area contributed by atoms with Crippen molar-refractivity contribution >= 4 is 29.2 Å². The van der Waals surface area contributed by atoms with Gasteiger partial charge in [0.2, 0.25) is 0 Å². The van der Waals surface area contributed by atoms with Crippen molar-refractivity contribution in [3.05, 3.63) is 47.0 Å². The van der Waals surface area contributed by atoms with Gasteiger partial charge in [-0.05, 0) is 32.0 Å². The molecule has 0 spiro atoms. The van der Waals surface area contributed by atoms with Crippen molar-refractivity contribution in [2.24, 2.45) is 0 Å². The minimum Gasteiger partial charge on any atom is -0.476 e. The Hall–Kier alpha value is -2.34. The van der Waals surface area contributed by atoms with Crippen molar-refractivity contribution in [2.75, 3.05) is 5.32 Å². The molecule has 2 aromatic heterocycles. The molecule has 0 aliphatic rings. The Balaban J connectivity index is 2.33. The molecular formula is C14H14ClN3O3. The number of nitrogens with zero attached hydrogens (tertiary/aromatic N) is 2. The van der Waals surface area contributed by atoms with Gasteiger partial charge in [0.15, 0.2) is 5.69 Å². The fraction of sp³-hybridized carbons (Fsp3) is 0.214. The number of carbonyl (C=O) groups excluding carboxylic acids is 1. The number of nitrogens with one attached hydrogen (secondary N) is 1. The number of pyridine rings is 1. The summed E-state index contributed by atoms with van der Waals surface area (Å²) < 4.78 is 1.72. The molecular weight excluding hydrogens is 294 g/mol. The van der Waals surface area contributed by atoms with Gasteiger partial charge in [0, 0.05) is 18.4 Å². The molecule has 2 N–H and O–H groups in total. The second kappa shape index (κ2) is 5.97. The van der Waals surface area contributed by atoms with Gasteiger partial charge in [0.1, 0.15) is 5.69 Å². The summed E-state index contributed by atoms with van der Waals surface area (Å²) in [6.07, 6.45) is 3.01. The average molecular weight is 308 g/mol. The predicted octanol–water partition coefficient (Wildman–Crippen LogP) is 3.07. The molecule has 0 aliphatic heterocycles. The summed E-state index contributed by atoms with van der Waals surface area (Å²) in [5, 5.41) is 12.1. The maximum Gasteiger partial charge on any atom is 0.356 e. The molecule has 6 nitrogen and oxygen atoms in total. The van der Waals surface area contributed by atoms with Crippen LogP contribution in [0, 0.1) is 0 Å². The molecule has 7 heteroatoms. The van der Waals surface area contributed by atoms with Gasteiger partial charge in [-0.15, -0.1) is 0 Å². The van der Waals surface area contributed by atoms with Crippen molar-refractivity contribution < 1.29 is 14.7 Å². The van der Waals surface area contributed by atoms with Crippen LogP contribution in [-0.4, -0.2) is 26.5 Å². The monoisotopic (exact) mass is 307 g/mol. The summed E-state index contributed by atoms with van der Waals surface area (Å²) >= 11 is 5.93. The van der Waals surface area contributed by atoms with E-state index in [0.717, 1.165) is 0 Å². The molecule has 2 heterocycles. The average Bonchev–Trinajstić information content (AvgIpc) is 2.81. The van der Waals surface area contributed by atoms with Crippen LogP contribution in [0.1, 0.15) is 40.9 Å². The fourth-order valence-electron chi connectivity index (χ4n) is 1.92. The smallest absolute Gasteiger partial charge is 0.356 e. The van der Waals surface area contributed by atoms with Crippen LogP contribution in [0.2, 0.25) is 5.02 Å². The summed E-state index contributed by atoms with van der Waals surface area (Å²) in [4.78, 5) is 27.1. The quantitative estimate of drug-likeness (QED) is 0.909. The zero-order valence-corrected chi connectivity index (χ0v) is 12.3. The van der Waals surface area contributed by atoms with E-state index >= 15 is 0 Å². The highest BCUT2D eigenvalue weighted by Gasteiger charge is 2.18. The van der Waals surface area contributed by atoms with Crippen molar-refractivity contribution in [1.82, 2.24) is 9.55 Å². The predicted molar refractivity (Wildman–Crippen MR) is 79.0 cm³/mol. The van der Waals surface area contributed by atoms with E-state index in [2.05, 4.69) is 10.3 Å². The van der Waals surface area contributed by atoms with Gasteiger partial charge in [0.05, 0.1) is 10.7 Å². The summed E-state index contributed by atoms with van der Waals surface area (Å²) in [5.74, 6) is -1.64. The molecule has 2 rings (SSSR count). The largest absolute Gasteiger partial charge is 0.476 e. The lowest BCUT2D eigenvalue weighted by molar-refractivity contribution is 0.0691. The van der Waals surface area contributed by atoms with Crippen molar-refractivity contribution in [1.29, 1.82) is 0 Å². The Labute approximate surface area is 126 Å². The number of amides is 1. The van der Waals surface area contributed by atoms with E-state index in [1.54, 1.807) is 16.8 Å². The number of aromatic nitrogens is 2. The van der Waals surface area contributed by atoms with Gasteiger partial charge in [0.25, 0.3) is 5.91 Å². The minimum atomic E-state index is -1.21. The van der Waals surface area contributed by atoms with Crippen LogP contribution in [0.4, 0.5) is 5.69 Å². The maximum absolute atomic E-state index is 12.3. The van der Waals surface area contributed by atoms with Gasteiger partial charge in [-0.3, -0.25) is 4.79 Å². The van der Waals surface area contributed by atoms with Crippen LogP contribution in [0.25, 0.3) is 0 Å². The highest BCUT2D eigenvalue weighted by molar-refractivity contribution is 6.31. The third-order valence-electron chi connectivity index (χ3n) is 2.86. The first-order valence-corrected chi connectivity index (χ1v) is 6.65. The molecule has 0 aromatic carbocycles. The van der Waals surface area contributed by atoms with Crippen LogP contribution in [-0.2, 0) is 0 Å². The summed E-state index contributed by atoms with van der Waals surface area (Å²) in [5.41, 5.74) is 0.289. The van der Waals surface area contributed by atoms with Crippen LogP contribution in [0.5, 0.6) is 0 Å². The Morgan fingerprint density at radius 1 is 1.43 bits per heavy atom. The zero-order valence-electron chi connectivity index (χ0n) is 11.5. The number of hydrogen-bond donors (Lipinski definition) is 2. The Kier molecular flexibility index (Phi) is 4.28. The van der Waals surface area contributed by atoms with Crippen molar-refractivity contribution in [3.63, 3.8) is 0 Å². The highest BCUT2D eigenvalue weighted by Crippen LogP contribution is 2.21. The highest BCUT2D eigenvalue weighted by atomic mass is 35.5. The first-order chi connectivity index (χ1) is 9.90. The molecule has 21 heavy (non-hydrogen) atoms. The summed E-state index contributed by atoms with van der Waals surface area (Å²) in [6, 6.07) is 4.62. The topological polar surface area (TPSA) is 84.2 Å². The molecule has 0 radical (unpaired) electrons. The van der Waals surface area contributed by atoms with Gasteiger partial charge in [-0.2, -0.15) is 0 Å². The first kappa shape index (κ1) is 15.1. The Bertz CT molecular complexity index is 695. The number of halogens is 1. The molecule has 2 aromatic rings. The van der Waals surface area contributed by atoms with E-state index < -0.39 is 11.9 Å². The zero-order chi connectivity index (χ0) is 15.6. The second-order valence-electron chi connectivity index (χ2n) is 4.70. The lowest BCUT2D eigenvalue weighted by Gasteiger charge is -2.13. The number of carbonyl (C=O) groups is 2. The third kappa shape index (κ3) is 3.22. The molecule has 0 fully saturated rings. The normalized spacial score (nSPS) is 10.7. The third-order valence-corrected chi connectivity index (χ3v) is 3.07. The van der Waals surface area contributed by atoms with E-state index in [1.165, 1.54) is 18.3 Å². The molecule has 1 amide bonds. The van der Waals surface area contributed by atoms with E-state index in [9.17, 15) is 9.59 Å². The number of hydrogen-bond acceptors (Lipinski definition) is 3. The van der Waals surface area contributed by atoms with Crippen LogP contribution in [0.3, 0.4) is 0 Å². The van der Waals surface area contributed by atoms with Crippen LogP contribution in [0.15, 0.2) is 30.6 Å². The Morgan fingerprint density at radius 3 is 2.76 bits per heavy atom. The maximum atomic E-state index is 12.3. The van der Waals surface area contributed by atoms with E-state index in [1.807, 2.05) is 13.8 Å². The van der Waals surface area contributed by atoms with Gasteiger partial charge in [-0.25, -0.2) is 9.78 Å². The summed E-state index contributed by atoms with van der Waals surface area (Å²) in [7, 11) is 0. The van der Waals surface area contributed by atoms with Crippen molar-refractivity contribution in [2.45, 2.75) is 19.9 Å². The van der Waals surface area contributed by atoms with Gasteiger partial charge < -0.3 is 15.0 Å². The molecule has 0 aliphatic carbocycles. The lowest BCUT2D eigenvalue weighted by atomic mass is 10.2. The van der Waals surface area contributed by atoms with E-state index in [0.29, 0.717) is 10.7 Å². The van der Waals surface area contributed by atoms with Gasteiger partial charge in [-0.1, -0.05) is 11.6 Å². The van der Waals surface area contributed by atoms with Gasteiger partial charge >= 0.3 is 5.97 Å².